The number of benzene rings is 1. The lowest BCUT2D eigenvalue weighted by molar-refractivity contribution is 0.0590. The van der Waals surface area contributed by atoms with Crippen molar-refractivity contribution in [2.24, 2.45) is 7.05 Å². The maximum Gasteiger partial charge on any atom is 0.354 e. The lowest BCUT2D eigenvalue weighted by Gasteiger charge is -1.98. The Morgan fingerprint density at radius 3 is 2.65 bits per heavy atom. The summed E-state index contributed by atoms with van der Waals surface area (Å²) < 4.78 is 6.51. The van der Waals surface area contributed by atoms with Crippen LogP contribution in [0.15, 0.2) is 36.5 Å². The molecule has 0 aliphatic rings. The molecule has 0 fully saturated rings. The minimum Gasteiger partial charge on any atom is -0.464 e. The highest BCUT2D eigenvalue weighted by Gasteiger charge is 2.12. The van der Waals surface area contributed by atoms with Crippen LogP contribution in [-0.2, 0) is 11.8 Å². The van der Waals surface area contributed by atoms with Crippen LogP contribution in [0.25, 0.3) is 11.1 Å². The van der Waals surface area contributed by atoms with E-state index in [1.54, 1.807) is 4.57 Å². The Bertz CT molecular complexity index is 555. The van der Waals surface area contributed by atoms with Crippen LogP contribution in [0.3, 0.4) is 0 Å². The van der Waals surface area contributed by atoms with E-state index in [0.29, 0.717) is 5.69 Å². The molecular formula is C14H15NO2. The number of carbonyl (C=O) groups is 1. The molecule has 1 heterocycles. The lowest BCUT2D eigenvalue weighted by Crippen LogP contribution is -2.06. The Hall–Kier alpha value is -2.03. The van der Waals surface area contributed by atoms with Crippen molar-refractivity contribution in [3.63, 3.8) is 0 Å². The summed E-state index contributed by atoms with van der Waals surface area (Å²) in [7, 11) is 3.23. The second kappa shape index (κ2) is 4.45. The van der Waals surface area contributed by atoms with Crippen LogP contribution in [-0.4, -0.2) is 17.6 Å². The third kappa shape index (κ3) is 2.23. The van der Waals surface area contributed by atoms with E-state index in [2.05, 4.69) is 6.07 Å². The number of ether oxygens (including phenoxy) is 1. The van der Waals surface area contributed by atoms with Crippen LogP contribution >= 0.6 is 0 Å². The van der Waals surface area contributed by atoms with Gasteiger partial charge in [-0.25, -0.2) is 4.79 Å². The second-order valence-electron chi connectivity index (χ2n) is 4.09. The zero-order chi connectivity index (χ0) is 12.4. The van der Waals surface area contributed by atoms with Crippen molar-refractivity contribution in [1.29, 1.82) is 0 Å². The van der Waals surface area contributed by atoms with Gasteiger partial charge in [-0.15, -0.1) is 0 Å². The van der Waals surface area contributed by atoms with Gasteiger partial charge in [0.05, 0.1) is 7.11 Å². The van der Waals surface area contributed by atoms with Gasteiger partial charge in [0.15, 0.2) is 0 Å². The molecular weight excluding hydrogens is 214 g/mol. The number of methoxy groups -OCH3 is 1. The zero-order valence-electron chi connectivity index (χ0n) is 10.2. The number of hydrogen-bond acceptors (Lipinski definition) is 2. The topological polar surface area (TPSA) is 31.2 Å². The molecule has 2 rings (SSSR count). The quantitative estimate of drug-likeness (QED) is 0.741. The first kappa shape index (κ1) is 11.5. The van der Waals surface area contributed by atoms with Gasteiger partial charge in [-0.3, -0.25) is 0 Å². The number of aryl methyl sites for hydroxylation is 2. The summed E-state index contributed by atoms with van der Waals surface area (Å²) in [6.45, 7) is 2.05. The smallest absolute Gasteiger partial charge is 0.354 e. The second-order valence-corrected chi connectivity index (χ2v) is 4.09. The largest absolute Gasteiger partial charge is 0.464 e. The van der Waals surface area contributed by atoms with E-state index in [9.17, 15) is 4.79 Å². The SMILES string of the molecule is COC(=O)c1cc(-c2cccc(C)c2)cn1C. The predicted octanol–water partition coefficient (Wildman–Crippen LogP) is 2.79. The van der Waals surface area contributed by atoms with Crippen molar-refractivity contribution in [3.05, 3.63) is 47.8 Å². The standard InChI is InChI=1S/C14H15NO2/c1-10-5-4-6-11(7-10)12-8-13(14(16)17-3)15(2)9-12/h4-9H,1-3H3. The summed E-state index contributed by atoms with van der Waals surface area (Å²) in [4.78, 5) is 11.5. The Morgan fingerprint density at radius 1 is 1.24 bits per heavy atom. The van der Waals surface area contributed by atoms with Gasteiger partial charge in [0.1, 0.15) is 5.69 Å². The third-order valence-electron chi connectivity index (χ3n) is 2.75. The molecule has 1 aromatic carbocycles. The fourth-order valence-electron chi connectivity index (χ4n) is 1.85. The third-order valence-corrected chi connectivity index (χ3v) is 2.75. The van der Waals surface area contributed by atoms with E-state index in [4.69, 9.17) is 4.74 Å². The Kier molecular flexibility index (Phi) is 3.00. The average molecular weight is 229 g/mol. The number of esters is 1. The first-order chi connectivity index (χ1) is 8.11. The van der Waals surface area contributed by atoms with Crippen molar-refractivity contribution in [1.82, 2.24) is 4.57 Å². The molecule has 0 aliphatic heterocycles. The van der Waals surface area contributed by atoms with E-state index >= 15 is 0 Å². The van der Waals surface area contributed by atoms with E-state index in [-0.39, 0.29) is 5.97 Å². The normalized spacial score (nSPS) is 10.3. The van der Waals surface area contributed by atoms with E-state index < -0.39 is 0 Å². The van der Waals surface area contributed by atoms with E-state index in [1.165, 1.54) is 12.7 Å². The van der Waals surface area contributed by atoms with Crippen molar-refractivity contribution in [2.75, 3.05) is 7.11 Å². The average Bonchev–Trinajstić information content (AvgIpc) is 2.70. The molecule has 0 N–H and O–H groups in total. The van der Waals surface area contributed by atoms with Gasteiger partial charge in [-0.2, -0.15) is 0 Å². The molecule has 0 radical (unpaired) electrons. The van der Waals surface area contributed by atoms with Gasteiger partial charge in [-0.1, -0.05) is 29.8 Å². The van der Waals surface area contributed by atoms with Crippen molar-refractivity contribution in [2.45, 2.75) is 6.92 Å². The highest BCUT2D eigenvalue weighted by atomic mass is 16.5. The van der Waals surface area contributed by atoms with Crippen molar-refractivity contribution >= 4 is 5.97 Å². The molecule has 88 valence electrons. The molecule has 3 nitrogen and oxygen atoms in total. The molecule has 0 aliphatic carbocycles. The maximum absolute atomic E-state index is 11.5. The van der Waals surface area contributed by atoms with Gasteiger partial charge in [0.25, 0.3) is 0 Å². The molecule has 0 unspecified atom stereocenters. The monoisotopic (exact) mass is 229 g/mol. The number of rotatable bonds is 2. The molecule has 0 bridgehead atoms. The summed E-state index contributed by atoms with van der Waals surface area (Å²) in [5.41, 5.74) is 3.89. The predicted molar refractivity (Wildman–Crippen MR) is 66.9 cm³/mol. The molecule has 0 atom stereocenters. The summed E-state index contributed by atoms with van der Waals surface area (Å²) in [5.74, 6) is -0.314. The van der Waals surface area contributed by atoms with Crippen LogP contribution in [0.1, 0.15) is 16.1 Å². The van der Waals surface area contributed by atoms with Crippen molar-refractivity contribution < 1.29 is 9.53 Å². The van der Waals surface area contributed by atoms with Gasteiger partial charge in [0.2, 0.25) is 0 Å². The van der Waals surface area contributed by atoms with Gasteiger partial charge >= 0.3 is 5.97 Å². The fraction of sp³-hybridized carbons (Fsp3) is 0.214. The van der Waals surface area contributed by atoms with Crippen LogP contribution in [0.4, 0.5) is 0 Å². The molecule has 0 saturated carbocycles. The minimum atomic E-state index is -0.314. The summed E-state index contributed by atoms with van der Waals surface area (Å²) in [5, 5.41) is 0. The molecule has 3 heteroatoms. The maximum atomic E-state index is 11.5. The molecule has 0 amide bonds. The van der Waals surface area contributed by atoms with Crippen LogP contribution < -0.4 is 0 Å². The Morgan fingerprint density at radius 2 is 2.00 bits per heavy atom. The van der Waals surface area contributed by atoms with E-state index in [0.717, 1.165) is 11.1 Å². The van der Waals surface area contributed by atoms with E-state index in [1.807, 2.05) is 44.4 Å². The molecule has 2 aromatic rings. The number of aromatic nitrogens is 1. The zero-order valence-corrected chi connectivity index (χ0v) is 10.2. The van der Waals surface area contributed by atoms with Gasteiger partial charge in [-0.05, 0) is 18.6 Å². The first-order valence-corrected chi connectivity index (χ1v) is 5.43. The molecule has 1 aromatic heterocycles. The summed E-state index contributed by atoms with van der Waals surface area (Å²) in [6, 6.07) is 10.0. The Balaban J connectivity index is 2.44. The first-order valence-electron chi connectivity index (χ1n) is 5.43. The molecule has 0 saturated heterocycles. The highest BCUT2D eigenvalue weighted by Crippen LogP contribution is 2.22. The summed E-state index contributed by atoms with van der Waals surface area (Å²) >= 11 is 0. The number of hydrogen-bond donors (Lipinski definition) is 0. The Labute approximate surface area is 101 Å². The highest BCUT2D eigenvalue weighted by molar-refractivity contribution is 5.89. The van der Waals surface area contributed by atoms with Crippen molar-refractivity contribution in [3.8, 4) is 11.1 Å². The number of carbonyl (C=O) groups excluding carboxylic acids is 1. The van der Waals surface area contributed by atoms with Crippen LogP contribution in [0.2, 0.25) is 0 Å². The number of nitrogens with zero attached hydrogens (tertiary/aromatic N) is 1. The lowest BCUT2D eigenvalue weighted by atomic mass is 10.1. The minimum absolute atomic E-state index is 0.314. The molecule has 0 spiro atoms. The van der Waals surface area contributed by atoms with Gasteiger partial charge < -0.3 is 9.30 Å². The summed E-state index contributed by atoms with van der Waals surface area (Å²) in [6.07, 6.45) is 1.93. The molecule has 17 heavy (non-hydrogen) atoms. The van der Waals surface area contributed by atoms with Crippen LogP contribution in [0.5, 0.6) is 0 Å². The van der Waals surface area contributed by atoms with Crippen LogP contribution in [0, 0.1) is 6.92 Å². The fourth-order valence-corrected chi connectivity index (χ4v) is 1.85. The van der Waals surface area contributed by atoms with Gasteiger partial charge in [0, 0.05) is 18.8 Å².